The molecule has 1 atom stereocenters. The van der Waals surface area contributed by atoms with Gasteiger partial charge in [-0.15, -0.1) is 0 Å². The standard InChI is InChI=1S/C11H20O4/c1-15-11(14)8-6-4-2-3-5-7-10(13)9-12/h6,8,10,12-13H,2-5,7,9H2,1H3/b8-6+/t10-/m1/s1. The quantitative estimate of drug-likeness (QED) is 0.361. The van der Waals surface area contributed by atoms with Crippen molar-refractivity contribution in [1.29, 1.82) is 0 Å². The van der Waals surface area contributed by atoms with Gasteiger partial charge in [0.25, 0.3) is 0 Å². The van der Waals surface area contributed by atoms with Crippen LogP contribution >= 0.6 is 0 Å². The highest BCUT2D eigenvalue weighted by Crippen LogP contribution is 2.06. The van der Waals surface area contributed by atoms with Crippen molar-refractivity contribution in [3.05, 3.63) is 12.2 Å². The van der Waals surface area contributed by atoms with E-state index in [2.05, 4.69) is 4.74 Å². The molecule has 88 valence electrons. The SMILES string of the molecule is COC(=O)/C=C/CCCCC[C@@H](O)CO. The Hall–Kier alpha value is -0.870. The van der Waals surface area contributed by atoms with E-state index in [9.17, 15) is 4.79 Å². The van der Waals surface area contributed by atoms with Gasteiger partial charge in [-0.25, -0.2) is 4.79 Å². The molecule has 0 bridgehead atoms. The van der Waals surface area contributed by atoms with Crippen LogP contribution in [0.1, 0.15) is 32.1 Å². The van der Waals surface area contributed by atoms with Gasteiger partial charge >= 0.3 is 5.97 Å². The number of allylic oxidation sites excluding steroid dienone is 1. The first-order chi connectivity index (χ1) is 7.20. The third-order valence-electron chi connectivity index (χ3n) is 2.07. The zero-order valence-corrected chi connectivity index (χ0v) is 9.19. The van der Waals surface area contributed by atoms with Crippen molar-refractivity contribution in [3.8, 4) is 0 Å². The molecule has 0 spiro atoms. The summed E-state index contributed by atoms with van der Waals surface area (Å²) in [7, 11) is 1.35. The van der Waals surface area contributed by atoms with Crippen LogP contribution in [0.5, 0.6) is 0 Å². The molecule has 0 heterocycles. The van der Waals surface area contributed by atoms with Crippen molar-refractivity contribution in [1.82, 2.24) is 0 Å². The monoisotopic (exact) mass is 216 g/mol. The molecule has 0 unspecified atom stereocenters. The van der Waals surface area contributed by atoms with Gasteiger partial charge in [-0.1, -0.05) is 18.9 Å². The Kier molecular flexibility index (Phi) is 9.11. The summed E-state index contributed by atoms with van der Waals surface area (Å²) < 4.78 is 4.44. The number of carbonyl (C=O) groups excluding carboxylic acids is 1. The lowest BCUT2D eigenvalue weighted by molar-refractivity contribution is -0.134. The van der Waals surface area contributed by atoms with Crippen molar-refractivity contribution < 1.29 is 19.7 Å². The van der Waals surface area contributed by atoms with Crippen LogP contribution in [-0.4, -0.2) is 36.0 Å². The third-order valence-corrected chi connectivity index (χ3v) is 2.07. The van der Waals surface area contributed by atoms with Crippen LogP contribution in [0.2, 0.25) is 0 Å². The lowest BCUT2D eigenvalue weighted by atomic mass is 10.1. The zero-order valence-electron chi connectivity index (χ0n) is 9.19. The van der Waals surface area contributed by atoms with Crippen LogP contribution in [0, 0.1) is 0 Å². The van der Waals surface area contributed by atoms with E-state index >= 15 is 0 Å². The summed E-state index contributed by atoms with van der Waals surface area (Å²) in [6, 6.07) is 0. The molecule has 0 amide bonds. The molecule has 15 heavy (non-hydrogen) atoms. The van der Waals surface area contributed by atoms with E-state index in [0.29, 0.717) is 6.42 Å². The van der Waals surface area contributed by atoms with Crippen molar-refractivity contribution >= 4 is 5.97 Å². The molecule has 0 saturated heterocycles. The third kappa shape index (κ3) is 9.43. The number of carbonyl (C=O) groups is 1. The first kappa shape index (κ1) is 14.1. The Morgan fingerprint density at radius 1 is 1.40 bits per heavy atom. The van der Waals surface area contributed by atoms with Crippen LogP contribution in [0.15, 0.2) is 12.2 Å². The van der Waals surface area contributed by atoms with Gasteiger partial charge in [-0.05, 0) is 19.3 Å². The Morgan fingerprint density at radius 2 is 2.13 bits per heavy atom. The molecule has 0 aliphatic carbocycles. The second-order valence-electron chi connectivity index (χ2n) is 3.40. The Bertz CT molecular complexity index is 189. The van der Waals surface area contributed by atoms with Gasteiger partial charge in [0.1, 0.15) is 0 Å². The highest BCUT2D eigenvalue weighted by atomic mass is 16.5. The topological polar surface area (TPSA) is 66.8 Å². The van der Waals surface area contributed by atoms with Gasteiger partial charge in [0.2, 0.25) is 0 Å². The van der Waals surface area contributed by atoms with E-state index < -0.39 is 6.10 Å². The minimum absolute atomic E-state index is 0.164. The fourth-order valence-electron chi connectivity index (χ4n) is 1.16. The average molecular weight is 216 g/mol. The maximum Gasteiger partial charge on any atom is 0.330 e. The van der Waals surface area contributed by atoms with Crippen molar-refractivity contribution in [2.45, 2.75) is 38.2 Å². The summed E-state index contributed by atoms with van der Waals surface area (Å²) >= 11 is 0. The second kappa shape index (κ2) is 9.68. The number of rotatable bonds is 8. The average Bonchev–Trinajstić information content (AvgIpc) is 2.26. The Labute approximate surface area is 90.6 Å². The smallest absolute Gasteiger partial charge is 0.330 e. The Morgan fingerprint density at radius 3 is 2.73 bits per heavy atom. The van der Waals surface area contributed by atoms with Gasteiger partial charge in [-0.3, -0.25) is 0 Å². The van der Waals surface area contributed by atoms with Gasteiger partial charge in [-0.2, -0.15) is 0 Å². The van der Waals surface area contributed by atoms with E-state index in [0.717, 1.165) is 25.7 Å². The lowest BCUT2D eigenvalue weighted by Crippen LogP contribution is -2.10. The van der Waals surface area contributed by atoms with E-state index in [1.165, 1.54) is 13.2 Å². The van der Waals surface area contributed by atoms with Gasteiger partial charge in [0.05, 0.1) is 19.8 Å². The van der Waals surface area contributed by atoms with E-state index in [4.69, 9.17) is 10.2 Å². The van der Waals surface area contributed by atoms with E-state index in [1.54, 1.807) is 6.08 Å². The molecular weight excluding hydrogens is 196 g/mol. The molecule has 0 aromatic rings. The highest BCUT2D eigenvalue weighted by molar-refractivity contribution is 5.81. The second-order valence-corrected chi connectivity index (χ2v) is 3.40. The Balaban J connectivity index is 3.25. The number of aliphatic hydroxyl groups is 2. The van der Waals surface area contributed by atoms with E-state index in [1.807, 2.05) is 0 Å². The van der Waals surface area contributed by atoms with E-state index in [-0.39, 0.29) is 12.6 Å². The van der Waals surface area contributed by atoms with Crippen molar-refractivity contribution in [2.75, 3.05) is 13.7 Å². The van der Waals surface area contributed by atoms with Gasteiger partial charge < -0.3 is 14.9 Å². The maximum absolute atomic E-state index is 10.7. The predicted molar refractivity (Wildman–Crippen MR) is 57.3 cm³/mol. The number of methoxy groups -OCH3 is 1. The number of esters is 1. The minimum atomic E-state index is -0.587. The van der Waals surface area contributed by atoms with Crippen molar-refractivity contribution in [2.24, 2.45) is 0 Å². The van der Waals surface area contributed by atoms with Crippen LogP contribution in [0.4, 0.5) is 0 Å². The molecule has 2 N–H and O–H groups in total. The van der Waals surface area contributed by atoms with Crippen LogP contribution < -0.4 is 0 Å². The molecule has 0 aliphatic rings. The van der Waals surface area contributed by atoms with Gasteiger partial charge in [0.15, 0.2) is 0 Å². The zero-order chi connectivity index (χ0) is 11.5. The number of unbranched alkanes of at least 4 members (excludes halogenated alkanes) is 3. The number of hydrogen-bond acceptors (Lipinski definition) is 4. The minimum Gasteiger partial charge on any atom is -0.466 e. The molecule has 4 heteroatoms. The fraction of sp³-hybridized carbons (Fsp3) is 0.727. The summed E-state index contributed by atoms with van der Waals surface area (Å²) in [6.07, 6.45) is 6.95. The summed E-state index contributed by atoms with van der Waals surface area (Å²) in [5.41, 5.74) is 0. The summed E-state index contributed by atoms with van der Waals surface area (Å²) in [5.74, 6) is -0.328. The molecule has 0 rings (SSSR count). The first-order valence-electron chi connectivity index (χ1n) is 5.24. The molecule has 0 aromatic heterocycles. The van der Waals surface area contributed by atoms with Crippen LogP contribution in [0.25, 0.3) is 0 Å². The molecule has 0 aliphatic heterocycles. The van der Waals surface area contributed by atoms with Crippen LogP contribution in [-0.2, 0) is 9.53 Å². The lowest BCUT2D eigenvalue weighted by Gasteiger charge is -2.05. The number of ether oxygens (including phenoxy) is 1. The molecular formula is C11H20O4. The molecule has 0 saturated carbocycles. The highest BCUT2D eigenvalue weighted by Gasteiger charge is 2.00. The fourth-order valence-corrected chi connectivity index (χ4v) is 1.16. The summed E-state index contributed by atoms with van der Waals surface area (Å²) in [6.45, 7) is -0.164. The predicted octanol–water partition coefficient (Wildman–Crippen LogP) is 1.02. The molecule has 0 radical (unpaired) electrons. The largest absolute Gasteiger partial charge is 0.466 e. The molecule has 0 aromatic carbocycles. The summed E-state index contributed by atoms with van der Waals surface area (Å²) in [4.78, 5) is 10.7. The number of hydrogen-bond donors (Lipinski definition) is 2. The number of aliphatic hydroxyl groups excluding tert-OH is 2. The maximum atomic E-state index is 10.7. The van der Waals surface area contributed by atoms with Crippen LogP contribution in [0.3, 0.4) is 0 Å². The van der Waals surface area contributed by atoms with Gasteiger partial charge in [0, 0.05) is 6.08 Å². The first-order valence-corrected chi connectivity index (χ1v) is 5.24. The van der Waals surface area contributed by atoms with Crippen molar-refractivity contribution in [3.63, 3.8) is 0 Å². The molecule has 4 nitrogen and oxygen atoms in total. The molecule has 0 fully saturated rings. The summed E-state index contributed by atoms with van der Waals surface area (Å²) in [5, 5.41) is 17.6. The normalized spacial score (nSPS) is 13.0.